The second-order valence-electron chi connectivity index (χ2n) is 6.91. The minimum absolute atomic E-state index is 0. The number of nitrogens with one attached hydrogen (secondary N) is 2. The molecule has 2 aliphatic heterocycles. The van der Waals surface area contributed by atoms with E-state index in [2.05, 4.69) is 29.5 Å². The van der Waals surface area contributed by atoms with Crippen LogP contribution >= 0.6 is 24.0 Å². The quantitative estimate of drug-likeness (QED) is 0.241. The molecule has 2 fully saturated rings. The SMILES string of the molecule is CCNC(=NCC1(C)COC1)NCCCOCC1CCOCC1.I. The molecule has 0 unspecified atom stereocenters. The summed E-state index contributed by atoms with van der Waals surface area (Å²) in [5, 5.41) is 6.67. The zero-order chi connectivity index (χ0) is 16.4. The topological polar surface area (TPSA) is 64.1 Å². The summed E-state index contributed by atoms with van der Waals surface area (Å²) in [5.41, 5.74) is 0.217. The zero-order valence-electron chi connectivity index (χ0n) is 15.1. The maximum absolute atomic E-state index is 5.78. The predicted octanol–water partition coefficient (Wildman–Crippen LogP) is 2.03. The Morgan fingerprint density at radius 2 is 1.96 bits per heavy atom. The Hall–Kier alpha value is -0.120. The minimum Gasteiger partial charge on any atom is -0.381 e. The lowest BCUT2D eigenvalue weighted by Gasteiger charge is -2.36. The van der Waals surface area contributed by atoms with Crippen LogP contribution in [0, 0.1) is 11.3 Å². The van der Waals surface area contributed by atoms with Gasteiger partial charge in [-0.2, -0.15) is 0 Å². The molecule has 2 N–H and O–H groups in total. The van der Waals surface area contributed by atoms with E-state index in [1.807, 2.05) is 0 Å². The van der Waals surface area contributed by atoms with Crippen LogP contribution in [0.15, 0.2) is 4.99 Å². The van der Waals surface area contributed by atoms with E-state index >= 15 is 0 Å². The molecular weight excluding hydrogens is 421 g/mol. The monoisotopic (exact) mass is 455 g/mol. The highest BCUT2D eigenvalue weighted by Crippen LogP contribution is 2.26. The summed E-state index contributed by atoms with van der Waals surface area (Å²) in [6.45, 7) is 12.0. The minimum atomic E-state index is 0. The van der Waals surface area contributed by atoms with Crippen LogP contribution in [0.1, 0.15) is 33.1 Å². The maximum atomic E-state index is 5.78. The van der Waals surface area contributed by atoms with Crippen molar-refractivity contribution in [2.24, 2.45) is 16.3 Å². The molecule has 142 valence electrons. The van der Waals surface area contributed by atoms with Gasteiger partial charge in [-0.1, -0.05) is 6.92 Å². The fourth-order valence-corrected chi connectivity index (χ4v) is 2.70. The molecule has 7 heteroatoms. The second-order valence-corrected chi connectivity index (χ2v) is 6.91. The molecule has 2 aliphatic rings. The van der Waals surface area contributed by atoms with Crippen LogP contribution < -0.4 is 10.6 Å². The summed E-state index contributed by atoms with van der Waals surface area (Å²) in [5.74, 6) is 1.58. The molecule has 2 rings (SSSR count). The fourth-order valence-electron chi connectivity index (χ4n) is 2.70. The van der Waals surface area contributed by atoms with E-state index in [1.165, 1.54) is 0 Å². The van der Waals surface area contributed by atoms with Crippen molar-refractivity contribution in [1.29, 1.82) is 0 Å². The third kappa shape index (κ3) is 8.31. The molecule has 0 aromatic rings. The summed E-state index contributed by atoms with van der Waals surface area (Å²) < 4.78 is 16.4. The Morgan fingerprint density at radius 3 is 2.58 bits per heavy atom. The van der Waals surface area contributed by atoms with Gasteiger partial charge in [-0.05, 0) is 32.1 Å². The van der Waals surface area contributed by atoms with Gasteiger partial charge in [0.15, 0.2) is 5.96 Å². The smallest absolute Gasteiger partial charge is 0.191 e. The van der Waals surface area contributed by atoms with E-state index < -0.39 is 0 Å². The number of hydrogen-bond acceptors (Lipinski definition) is 4. The summed E-state index contributed by atoms with van der Waals surface area (Å²) in [6.07, 6.45) is 3.27. The van der Waals surface area contributed by atoms with Gasteiger partial charge in [-0.25, -0.2) is 0 Å². The molecule has 0 bridgehead atoms. The average molecular weight is 455 g/mol. The number of halogens is 1. The largest absolute Gasteiger partial charge is 0.381 e. The molecule has 0 atom stereocenters. The van der Waals surface area contributed by atoms with Crippen LogP contribution in [0.25, 0.3) is 0 Å². The first-order chi connectivity index (χ1) is 11.2. The molecule has 0 saturated carbocycles. The van der Waals surface area contributed by atoms with Crippen molar-refractivity contribution in [3.63, 3.8) is 0 Å². The van der Waals surface area contributed by atoms with Crippen molar-refractivity contribution in [1.82, 2.24) is 10.6 Å². The first-order valence-corrected chi connectivity index (χ1v) is 8.97. The van der Waals surface area contributed by atoms with E-state index in [0.717, 1.165) is 84.5 Å². The third-order valence-electron chi connectivity index (χ3n) is 4.32. The molecule has 0 aromatic heterocycles. The van der Waals surface area contributed by atoms with Crippen LogP contribution in [0.4, 0.5) is 0 Å². The summed E-state index contributed by atoms with van der Waals surface area (Å²) in [6, 6.07) is 0. The lowest BCUT2D eigenvalue weighted by molar-refractivity contribution is -0.0945. The number of hydrogen-bond donors (Lipinski definition) is 2. The van der Waals surface area contributed by atoms with Crippen molar-refractivity contribution in [2.75, 3.05) is 59.3 Å². The van der Waals surface area contributed by atoms with Gasteiger partial charge in [0.05, 0.1) is 19.8 Å². The molecule has 2 saturated heterocycles. The summed E-state index contributed by atoms with van der Waals surface area (Å²) in [7, 11) is 0. The van der Waals surface area contributed by atoms with Gasteiger partial charge in [-0.3, -0.25) is 4.99 Å². The first-order valence-electron chi connectivity index (χ1n) is 8.97. The highest BCUT2D eigenvalue weighted by atomic mass is 127. The number of aliphatic imine (C=N–C) groups is 1. The van der Waals surface area contributed by atoms with E-state index in [-0.39, 0.29) is 29.4 Å². The Bertz CT molecular complexity index is 359. The van der Waals surface area contributed by atoms with Gasteiger partial charge in [0, 0.05) is 44.9 Å². The van der Waals surface area contributed by atoms with Crippen LogP contribution in [0.2, 0.25) is 0 Å². The Morgan fingerprint density at radius 1 is 1.21 bits per heavy atom. The normalized spacial score (nSPS) is 20.8. The van der Waals surface area contributed by atoms with E-state index in [1.54, 1.807) is 0 Å². The molecular formula is C17H34IN3O3. The predicted molar refractivity (Wildman–Crippen MR) is 107 cm³/mol. The van der Waals surface area contributed by atoms with Crippen molar-refractivity contribution in [3.05, 3.63) is 0 Å². The zero-order valence-corrected chi connectivity index (χ0v) is 17.5. The molecule has 2 heterocycles. The highest BCUT2D eigenvalue weighted by molar-refractivity contribution is 14.0. The second kappa shape index (κ2) is 12.3. The van der Waals surface area contributed by atoms with Crippen LogP contribution in [-0.4, -0.2) is 65.2 Å². The van der Waals surface area contributed by atoms with Gasteiger partial charge in [0.1, 0.15) is 0 Å². The van der Waals surface area contributed by atoms with E-state index in [0.29, 0.717) is 5.92 Å². The van der Waals surface area contributed by atoms with Crippen molar-refractivity contribution in [2.45, 2.75) is 33.1 Å². The fraction of sp³-hybridized carbons (Fsp3) is 0.941. The lowest BCUT2D eigenvalue weighted by atomic mass is 9.89. The molecule has 0 aromatic carbocycles. The van der Waals surface area contributed by atoms with Gasteiger partial charge in [0.25, 0.3) is 0 Å². The molecule has 0 amide bonds. The maximum Gasteiger partial charge on any atom is 0.191 e. The molecule has 0 radical (unpaired) electrons. The third-order valence-corrected chi connectivity index (χ3v) is 4.32. The molecule has 24 heavy (non-hydrogen) atoms. The van der Waals surface area contributed by atoms with Gasteiger partial charge < -0.3 is 24.8 Å². The highest BCUT2D eigenvalue weighted by Gasteiger charge is 2.33. The number of ether oxygens (including phenoxy) is 3. The summed E-state index contributed by atoms with van der Waals surface area (Å²) >= 11 is 0. The molecule has 0 spiro atoms. The van der Waals surface area contributed by atoms with Crippen molar-refractivity contribution < 1.29 is 14.2 Å². The first kappa shape index (κ1) is 21.9. The Balaban J connectivity index is 0.00000288. The van der Waals surface area contributed by atoms with Crippen molar-refractivity contribution in [3.8, 4) is 0 Å². The van der Waals surface area contributed by atoms with Gasteiger partial charge >= 0.3 is 0 Å². The average Bonchev–Trinajstić information content (AvgIpc) is 2.55. The molecule has 0 aliphatic carbocycles. The standard InChI is InChI=1S/C17H33N3O3.HI/c1-3-18-16(20-12-17(2)13-23-14-17)19-7-4-8-22-11-15-5-9-21-10-6-15;/h15H,3-14H2,1-2H3,(H2,18,19,20);1H. The Kier molecular flexibility index (Phi) is 11.2. The van der Waals surface area contributed by atoms with Crippen LogP contribution in [0.3, 0.4) is 0 Å². The number of rotatable bonds is 9. The van der Waals surface area contributed by atoms with E-state index in [9.17, 15) is 0 Å². The van der Waals surface area contributed by atoms with Crippen molar-refractivity contribution >= 4 is 29.9 Å². The Labute approximate surface area is 163 Å². The number of guanidine groups is 1. The van der Waals surface area contributed by atoms with Crippen LogP contribution in [-0.2, 0) is 14.2 Å². The lowest BCUT2D eigenvalue weighted by Crippen LogP contribution is -2.44. The van der Waals surface area contributed by atoms with Gasteiger partial charge in [-0.15, -0.1) is 24.0 Å². The van der Waals surface area contributed by atoms with Gasteiger partial charge in [0.2, 0.25) is 0 Å². The van der Waals surface area contributed by atoms with E-state index in [4.69, 9.17) is 14.2 Å². The summed E-state index contributed by atoms with van der Waals surface area (Å²) in [4.78, 5) is 4.66. The molecule has 6 nitrogen and oxygen atoms in total. The number of nitrogens with zero attached hydrogens (tertiary/aromatic N) is 1. The van der Waals surface area contributed by atoms with Crippen LogP contribution in [0.5, 0.6) is 0 Å².